The molecule has 0 bridgehead atoms. The molecule has 10 heteroatoms. The molecule has 0 spiro atoms. The number of sulfonamides is 1. The molecule has 3 aromatic rings. The predicted octanol–water partition coefficient (Wildman–Crippen LogP) is 3.62. The first-order valence-electron chi connectivity index (χ1n) is 7.76. The van der Waals surface area contributed by atoms with Gasteiger partial charge in [0.2, 0.25) is 5.13 Å². The van der Waals surface area contributed by atoms with Crippen LogP contribution in [0.25, 0.3) is 0 Å². The zero-order valence-corrected chi connectivity index (χ0v) is 16.9. The van der Waals surface area contributed by atoms with Crippen LogP contribution in [-0.4, -0.2) is 30.8 Å². The summed E-state index contributed by atoms with van der Waals surface area (Å²) >= 11 is 2.29. The lowest BCUT2D eigenvalue weighted by atomic mass is 10.1. The fraction of sp³-hybridized carbons (Fsp3) is 0.118. The quantitative estimate of drug-likeness (QED) is 0.467. The predicted molar refractivity (Wildman–Crippen MR) is 108 cm³/mol. The van der Waals surface area contributed by atoms with Crippen LogP contribution in [0, 0.1) is 6.92 Å². The fourth-order valence-electron chi connectivity index (χ4n) is 2.13. The molecule has 27 heavy (non-hydrogen) atoms. The third-order valence-corrected chi connectivity index (χ3v) is 6.81. The Kier molecular flexibility index (Phi) is 5.78. The summed E-state index contributed by atoms with van der Waals surface area (Å²) in [5.41, 5.74) is 1.92. The van der Waals surface area contributed by atoms with E-state index in [1.54, 1.807) is 30.3 Å². The second-order valence-corrected chi connectivity index (χ2v) is 9.24. The summed E-state index contributed by atoms with van der Waals surface area (Å²) in [5.74, 6) is -0.379. The van der Waals surface area contributed by atoms with Gasteiger partial charge in [0.1, 0.15) is 0 Å². The van der Waals surface area contributed by atoms with Crippen LogP contribution in [0.3, 0.4) is 0 Å². The number of thioether (sulfide) groups is 1. The van der Waals surface area contributed by atoms with E-state index in [-0.39, 0.29) is 15.4 Å². The molecule has 7 nitrogen and oxygen atoms in total. The molecule has 1 amide bonds. The van der Waals surface area contributed by atoms with Gasteiger partial charge in [-0.1, -0.05) is 35.1 Å². The third-order valence-electron chi connectivity index (χ3n) is 3.49. The maximum absolute atomic E-state index is 12.5. The summed E-state index contributed by atoms with van der Waals surface area (Å²) < 4.78 is 27.2. The van der Waals surface area contributed by atoms with Crippen LogP contribution >= 0.6 is 23.1 Å². The van der Waals surface area contributed by atoms with Gasteiger partial charge in [-0.15, -0.1) is 22.0 Å². The van der Waals surface area contributed by atoms with Crippen molar-refractivity contribution in [3.8, 4) is 0 Å². The molecule has 0 saturated heterocycles. The van der Waals surface area contributed by atoms with E-state index in [0.717, 1.165) is 21.8 Å². The number of benzene rings is 2. The molecule has 0 saturated carbocycles. The highest BCUT2D eigenvalue weighted by atomic mass is 32.2. The number of carbonyl (C=O) groups excluding carboxylic acids is 1. The monoisotopic (exact) mass is 420 g/mol. The Balaban J connectivity index is 1.73. The van der Waals surface area contributed by atoms with Crippen LogP contribution in [0.2, 0.25) is 0 Å². The zero-order chi connectivity index (χ0) is 19.4. The second-order valence-electron chi connectivity index (χ2n) is 5.53. The average molecular weight is 421 g/mol. The van der Waals surface area contributed by atoms with Crippen LogP contribution in [0.1, 0.15) is 15.9 Å². The van der Waals surface area contributed by atoms with Crippen LogP contribution < -0.4 is 10.0 Å². The van der Waals surface area contributed by atoms with Crippen LogP contribution in [0.15, 0.2) is 57.8 Å². The largest absolute Gasteiger partial charge is 0.296 e. The molecule has 0 radical (unpaired) electrons. The Morgan fingerprint density at radius 1 is 1.11 bits per heavy atom. The number of anilines is 2. The SMILES string of the molecule is CSc1cccc(NS(=O)(=O)c2nnc(NC(=O)c3ccc(C)cc3)s2)c1. The van der Waals surface area contributed by atoms with Crippen molar-refractivity contribution in [3.05, 3.63) is 59.7 Å². The zero-order valence-electron chi connectivity index (χ0n) is 14.5. The van der Waals surface area contributed by atoms with E-state index in [0.29, 0.717) is 11.3 Å². The number of nitrogens with one attached hydrogen (secondary N) is 2. The van der Waals surface area contributed by atoms with Gasteiger partial charge < -0.3 is 0 Å². The first-order chi connectivity index (χ1) is 12.9. The van der Waals surface area contributed by atoms with Crippen molar-refractivity contribution in [1.82, 2.24) is 10.2 Å². The smallest absolute Gasteiger partial charge is 0.291 e. The maximum Gasteiger partial charge on any atom is 0.291 e. The minimum atomic E-state index is -3.89. The Labute approximate surface area is 165 Å². The highest BCUT2D eigenvalue weighted by Gasteiger charge is 2.21. The van der Waals surface area contributed by atoms with E-state index in [1.165, 1.54) is 11.8 Å². The Bertz CT molecular complexity index is 1060. The van der Waals surface area contributed by atoms with Gasteiger partial charge in [-0.25, -0.2) is 0 Å². The number of rotatable bonds is 6. The molecule has 0 aliphatic carbocycles. The van der Waals surface area contributed by atoms with Crippen LogP contribution in [0.4, 0.5) is 10.8 Å². The van der Waals surface area contributed by atoms with Crippen molar-refractivity contribution >= 4 is 49.8 Å². The van der Waals surface area contributed by atoms with E-state index >= 15 is 0 Å². The molecule has 0 aliphatic heterocycles. The molecule has 0 fully saturated rings. The number of hydrogen-bond acceptors (Lipinski definition) is 7. The molecule has 0 unspecified atom stereocenters. The normalized spacial score (nSPS) is 11.2. The molecule has 2 aromatic carbocycles. The van der Waals surface area contributed by atoms with E-state index in [2.05, 4.69) is 20.2 Å². The molecular weight excluding hydrogens is 404 g/mol. The molecule has 0 aliphatic rings. The van der Waals surface area contributed by atoms with E-state index in [1.807, 2.05) is 31.4 Å². The molecule has 2 N–H and O–H groups in total. The lowest BCUT2D eigenvalue weighted by Crippen LogP contribution is -2.12. The summed E-state index contributed by atoms with van der Waals surface area (Å²) in [5, 5.41) is 10.1. The number of aromatic nitrogens is 2. The highest BCUT2D eigenvalue weighted by Crippen LogP contribution is 2.25. The third kappa shape index (κ3) is 4.85. The van der Waals surface area contributed by atoms with E-state index < -0.39 is 10.0 Å². The summed E-state index contributed by atoms with van der Waals surface area (Å²) in [6.07, 6.45) is 1.90. The van der Waals surface area contributed by atoms with Crippen LogP contribution in [0.5, 0.6) is 0 Å². The van der Waals surface area contributed by atoms with Crippen LogP contribution in [-0.2, 0) is 10.0 Å². The second kappa shape index (κ2) is 8.07. The van der Waals surface area contributed by atoms with Gasteiger partial charge in [0, 0.05) is 10.5 Å². The molecule has 0 atom stereocenters. The molecule has 140 valence electrons. The molecule has 1 heterocycles. The van der Waals surface area contributed by atoms with Crippen molar-refractivity contribution in [2.24, 2.45) is 0 Å². The highest BCUT2D eigenvalue weighted by molar-refractivity contribution is 7.98. The number of hydrogen-bond donors (Lipinski definition) is 2. The number of carbonyl (C=O) groups is 1. The van der Waals surface area contributed by atoms with Gasteiger partial charge >= 0.3 is 0 Å². The van der Waals surface area contributed by atoms with E-state index in [9.17, 15) is 13.2 Å². The fourth-order valence-corrected chi connectivity index (χ4v) is 4.53. The maximum atomic E-state index is 12.5. The lowest BCUT2D eigenvalue weighted by molar-refractivity contribution is 0.102. The molecular formula is C17H16N4O3S3. The number of amides is 1. The Morgan fingerprint density at radius 2 is 1.85 bits per heavy atom. The van der Waals surface area contributed by atoms with Gasteiger partial charge in [-0.05, 0) is 43.5 Å². The summed E-state index contributed by atoms with van der Waals surface area (Å²) in [7, 11) is -3.89. The van der Waals surface area contributed by atoms with Gasteiger partial charge in [0.25, 0.3) is 20.3 Å². The summed E-state index contributed by atoms with van der Waals surface area (Å²) in [6, 6.07) is 14.0. The van der Waals surface area contributed by atoms with Gasteiger partial charge in [-0.3, -0.25) is 14.8 Å². The first kappa shape index (κ1) is 19.3. The van der Waals surface area contributed by atoms with Crippen molar-refractivity contribution in [2.45, 2.75) is 16.2 Å². The summed E-state index contributed by atoms with van der Waals surface area (Å²) in [4.78, 5) is 13.1. The minimum Gasteiger partial charge on any atom is -0.296 e. The lowest BCUT2D eigenvalue weighted by Gasteiger charge is -2.06. The Morgan fingerprint density at radius 3 is 2.56 bits per heavy atom. The Hall–Kier alpha value is -2.43. The number of aryl methyl sites for hydroxylation is 1. The van der Waals surface area contributed by atoms with Gasteiger partial charge in [-0.2, -0.15) is 8.42 Å². The van der Waals surface area contributed by atoms with Gasteiger partial charge in [0.15, 0.2) is 0 Å². The van der Waals surface area contributed by atoms with Crippen molar-refractivity contribution in [1.29, 1.82) is 0 Å². The van der Waals surface area contributed by atoms with Crippen molar-refractivity contribution in [3.63, 3.8) is 0 Å². The standard InChI is InChI=1S/C17H16N4O3S3/c1-11-6-8-12(9-7-11)15(22)18-16-19-20-17(26-16)27(23,24)21-13-4-3-5-14(10-13)25-2/h3-10,21H,1-2H3,(H,18,19,22). The van der Waals surface area contributed by atoms with Crippen molar-refractivity contribution in [2.75, 3.05) is 16.3 Å². The summed E-state index contributed by atoms with van der Waals surface area (Å²) in [6.45, 7) is 1.92. The van der Waals surface area contributed by atoms with E-state index in [4.69, 9.17) is 0 Å². The minimum absolute atomic E-state index is 0.110. The molecule has 3 rings (SSSR count). The number of nitrogens with zero attached hydrogens (tertiary/aromatic N) is 2. The molecule has 1 aromatic heterocycles. The van der Waals surface area contributed by atoms with Crippen molar-refractivity contribution < 1.29 is 13.2 Å². The van der Waals surface area contributed by atoms with Gasteiger partial charge in [0.05, 0.1) is 5.69 Å². The average Bonchev–Trinajstić information content (AvgIpc) is 3.11. The first-order valence-corrected chi connectivity index (χ1v) is 11.3. The topological polar surface area (TPSA) is 101 Å².